The van der Waals surface area contributed by atoms with Crippen molar-refractivity contribution in [3.63, 3.8) is 0 Å². The largest absolute Gasteiger partial charge is 0.384 e. The molecular weight excluding hydrogens is 296 g/mol. The number of nitrogens with zero attached hydrogens (tertiary/aromatic N) is 1. The third kappa shape index (κ3) is 4.36. The summed E-state index contributed by atoms with van der Waals surface area (Å²) in [7, 11) is -0.357. The van der Waals surface area contributed by atoms with Crippen LogP contribution in [0.5, 0.6) is 0 Å². The van der Waals surface area contributed by atoms with Crippen molar-refractivity contribution in [2.45, 2.75) is 24.7 Å². The SMILES string of the molecule is CCC(CCCl)CNc1ccccc1S(=O)(=O)N(C)C. The molecule has 0 radical (unpaired) electrons. The molecule has 0 amide bonds. The highest BCUT2D eigenvalue weighted by Crippen LogP contribution is 2.24. The molecule has 20 heavy (non-hydrogen) atoms. The average molecular weight is 319 g/mol. The molecule has 0 aromatic heterocycles. The van der Waals surface area contributed by atoms with Crippen LogP contribution in [0.3, 0.4) is 0 Å². The molecule has 1 unspecified atom stereocenters. The van der Waals surface area contributed by atoms with Crippen molar-refractivity contribution in [3.8, 4) is 0 Å². The van der Waals surface area contributed by atoms with Gasteiger partial charge in [-0.05, 0) is 24.5 Å². The number of para-hydroxylation sites is 1. The van der Waals surface area contributed by atoms with Crippen molar-refractivity contribution in [3.05, 3.63) is 24.3 Å². The molecular formula is C14H23ClN2O2S. The Labute approximate surface area is 127 Å². The molecule has 0 bridgehead atoms. The van der Waals surface area contributed by atoms with E-state index < -0.39 is 10.0 Å². The number of benzene rings is 1. The Morgan fingerprint density at radius 1 is 1.30 bits per heavy atom. The smallest absolute Gasteiger partial charge is 0.244 e. The summed E-state index contributed by atoms with van der Waals surface area (Å²) in [6.07, 6.45) is 1.94. The summed E-state index contributed by atoms with van der Waals surface area (Å²) in [4.78, 5) is 0.311. The Hall–Kier alpha value is -0.780. The summed E-state index contributed by atoms with van der Waals surface area (Å²) in [6.45, 7) is 2.84. The second-order valence-electron chi connectivity index (χ2n) is 4.92. The van der Waals surface area contributed by atoms with Gasteiger partial charge in [0.1, 0.15) is 4.90 Å². The van der Waals surface area contributed by atoms with Crippen LogP contribution in [0.1, 0.15) is 19.8 Å². The van der Waals surface area contributed by atoms with E-state index in [0.29, 0.717) is 22.4 Å². The van der Waals surface area contributed by atoms with Crippen LogP contribution in [-0.2, 0) is 10.0 Å². The maximum atomic E-state index is 12.3. The Morgan fingerprint density at radius 3 is 2.50 bits per heavy atom. The molecule has 0 heterocycles. The lowest BCUT2D eigenvalue weighted by Gasteiger charge is -2.19. The van der Waals surface area contributed by atoms with E-state index in [1.54, 1.807) is 18.2 Å². The normalized spacial score (nSPS) is 13.4. The quantitative estimate of drug-likeness (QED) is 0.750. The van der Waals surface area contributed by atoms with Crippen LogP contribution in [0.25, 0.3) is 0 Å². The van der Waals surface area contributed by atoms with E-state index in [9.17, 15) is 8.42 Å². The second kappa shape index (κ2) is 7.86. The molecule has 0 fully saturated rings. The maximum absolute atomic E-state index is 12.3. The number of sulfonamides is 1. The molecule has 0 saturated heterocycles. The number of rotatable bonds is 8. The molecule has 0 aliphatic heterocycles. The van der Waals surface area contributed by atoms with Crippen LogP contribution in [0.4, 0.5) is 5.69 Å². The van der Waals surface area contributed by atoms with Crippen molar-refractivity contribution in [1.82, 2.24) is 4.31 Å². The van der Waals surface area contributed by atoms with Gasteiger partial charge in [0, 0.05) is 26.5 Å². The average Bonchev–Trinajstić information content (AvgIpc) is 2.43. The molecule has 0 aliphatic rings. The summed E-state index contributed by atoms with van der Waals surface area (Å²) in [5, 5.41) is 3.25. The molecule has 1 aromatic rings. The van der Waals surface area contributed by atoms with Crippen molar-refractivity contribution in [2.24, 2.45) is 5.92 Å². The van der Waals surface area contributed by atoms with Gasteiger partial charge < -0.3 is 5.32 Å². The van der Waals surface area contributed by atoms with E-state index in [4.69, 9.17) is 11.6 Å². The van der Waals surface area contributed by atoms with Gasteiger partial charge in [-0.3, -0.25) is 0 Å². The molecule has 1 rings (SSSR count). The number of hydrogen-bond acceptors (Lipinski definition) is 3. The first kappa shape index (κ1) is 17.3. The fraction of sp³-hybridized carbons (Fsp3) is 0.571. The summed E-state index contributed by atoms with van der Waals surface area (Å²) >= 11 is 5.77. The van der Waals surface area contributed by atoms with Crippen molar-refractivity contribution in [1.29, 1.82) is 0 Å². The number of nitrogens with one attached hydrogen (secondary N) is 1. The third-order valence-corrected chi connectivity index (χ3v) is 5.41. The van der Waals surface area contributed by atoms with E-state index in [1.807, 2.05) is 6.07 Å². The van der Waals surface area contributed by atoms with Gasteiger partial charge in [0.25, 0.3) is 0 Å². The topological polar surface area (TPSA) is 49.4 Å². The summed E-state index contributed by atoms with van der Waals surface area (Å²) in [5.74, 6) is 1.07. The van der Waals surface area contributed by atoms with E-state index in [0.717, 1.165) is 19.4 Å². The standard InChI is InChI=1S/C14H23ClN2O2S/c1-4-12(9-10-15)11-16-13-7-5-6-8-14(13)20(18,19)17(2)3/h5-8,12,16H,4,9-11H2,1-3H3. The highest BCUT2D eigenvalue weighted by molar-refractivity contribution is 7.89. The van der Waals surface area contributed by atoms with Crippen molar-refractivity contribution in [2.75, 3.05) is 31.8 Å². The first-order valence-electron chi connectivity index (χ1n) is 6.74. The van der Waals surface area contributed by atoms with Gasteiger partial charge in [-0.2, -0.15) is 0 Å². The minimum atomic E-state index is -3.43. The van der Waals surface area contributed by atoms with Gasteiger partial charge in [-0.25, -0.2) is 12.7 Å². The minimum absolute atomic E-state index is 0.311. The Morgan fingerprint density at radius 2 is 1.95 bits per heavy atom. The van der Waals surface area contributed by atoms with E-state index >= 15 is 0 Å². The zero-order valence-electron chi connectivity index (χ0n) is 12.3. The fourth-order valence-corrected chi connectivity index (χ4v) is 3.26. The zero-order valence-corrected chi connectivity index (χ0v) is 13.8. The fourth-order valence-electron chi connectivity index (χ4n) is 1.89. The molecule has 0 saturated carbocycles. The number of alkyl halides is 1. The summed E-state index contributed by atoms with van der Waals surface area (Å²) in [6, 6.07) is 6.99. The molecule has 0 aliphatic carbocycles. The lowest BCUT2D eigenvalue weighted by atomic mass is 10.0. The molecule has 1 N–H and O–H groups in total. The lowest BCUT2D eigenvalue weighted by molar-refractivity contribution is 0.516. The molecule has 0 spiro atoms. The lowest BCUT2D eigenvalue weighted by Crippen LogP contribution is -2.24. The van der Waals surface area contributed by atoms with Gasteiger partial charge in [-0.1, -0.05) is 25.5 Å². The number of halogens is 1. The number of anilines is 1. The minimum Gasteiger partial charge on any atom is -0.384 e. The highest BCUT2D eigenvalue weighted by atomic mass is 35.5. The molecule has 4 nitrogen and oxygen atoms in total. The molecule has 114 valence electrons. The van der Waals surface area contributed by atoms with Crippen LogP contribution < -0.4 is 5.32 Å². The van der Waals surface area contributed by atoms with E-state index in [-0.39, 0.29) is 0 Å². The van der Waals surface area contributed by atoms with Gasteiger partial charge in [-0.15, -0.1) is 11.6 Å². The first-order valence-corrected chi connectivity index (χ1v) is 8.72. The second-order valence-corrected chi connectivity index (χ2v) is 7.41. The van der Waals surface area contributed by atoms with Crippen LogP contribution in [-0.4, -0.2) is 39.2 Å². The molecule has 1 atom stereocenters. The highest BCUT2D eigenvalue weighted by Gasteiger charge is 2.20. The van der Waals surface area contributed by atoms with Crippen LogP contribution >= 0.6 is 11.6 Å². The van der Waals surface area contributed by atoms with Crippen LogP contribution in [0.15, 0.2) is 29.2 Å². The number of hydrogen-bond donors (Lipinski definition) is 1. The van der Waals surface area contributed by atoms with Gasteiger partial charge >= 0.3 is 0 Å². The monoisotopic (exact) mass is 318 g/mol. The predicted octanol–water partition coefficient (Wildman–Crippen LogP) is 3.00. The first-order chi connectivity index (χ1) is 9.43. The molecule has 6 heteroatoms. The maximum Gasteiger partial charge on any atom is 0.244 e. The van der Waals surface area contributed by atoms with E-state index in [2.05, 4.69) is 12.2 Å². The predicted molar refractivity (Wildman–Crippen MR) is 84.9 cm³/mol. The van der Waals surface area contributed by atoms with Crippen molar-refractivity contribution < 1.29 is 8.42 Å². The van der Waals surface area contributed by atoms with Crippen molar-refractivity contribution >= 4 is 27.3 Å². The van der Waals surface area contributed by atoms with E-state index in [1.165, 1.54) is 18.4 Å². The molecule has 1 aromatic carbocycles. The summed E-state index contributed by atoms with van der Waals surface area (Å²) in [5.41, 5.74) is 0.647. The van der Waals surface area contributed by atoms with Gasteiger partial charge in [0.05, 0.1) is 5.69 Å². The Bertz CT molecular complexity index is 518. The zero-order chi connectivity index (χ0) is 15.2. The van der Waals surface area contributed by atoms with Crippen LogP contribution in [0, 0.1) is 5.92 Å². The Kier molecular flexibility index (Phi) is 6.79. The van der Waals surface area contributed by atoms with Gasteiger partial charge in [0.15, 0.2) is 0 Å². The Balaban J connectivity index is 2.92. The van der Waals surface area contributed by atoms with Crippen LogP contribution in [0.2, 0.25) is 0 Å². The third-order valence-electron chi connectivity index (χ3n) is 3.32. The summed E-state index contributed by atoms with van der Waals surface area (Å²) < 4.78 is 25.7. The van der Waals surface area contributed by atoms with Gasteiger partial charge in [0.2, 0.25) is 10.0 Å².